The first-order valence-electron chi connectivity index (χ1n) is 3.57. The van der Waals surface area contributed by atoms with Crippen LogP contribution in [-0.4, -0.2) is 14.3 Å². The molecule has 0 N–H and O–H groups in total. The summed E-state index contributed by atoms with van der Waals surface area (Å²) in [4.78, 5) is 13.4. The van der Waals surface area contributed by atoms with Crippen molar-refractivity contribution in [2.24, 2.45) is 0 Å². The first-order valence-corrected chi connectivity index (χ1v) is 4.37. The highest BCUT2D eigenvalue weighted by Crippen LogP contribution is 2.25. The molecule has 0 radical (unpaired) electrons. The van der Waals surface area contributed by atoms with Crippen molar-refractivity contribution in [3.05, 3.63) is 39.0 Å². The summed E-state index contributed by atoms with van der Waals surface area (Å²) in [6, 6.07) is 2.59. The Morgan fingerprint density at radius 2 is 2.36 bits per heavy atom. The maximum absolute atomic E-state index is 13.2. The van der Waals surface area contributed by atoms with E-state index in [9.17, 15) is 14.5 Å². The summed E-state index contributed by atoms with van der Waals surface area (Å²) in [7, 11) is 0. The van der Waals surface area contributed by atoms with Gasteiger partial charge >= 0.3 is 5.82 Å². The molecule has 0 atom stereocenters. The molecule has 0 saturated carbocycles. The van der Waals surface area contributed by atoms with Crippen LogP contribution >= 0.6 is 15.9 Å². The number of hydrogen-bond donors (Lipinski definition) is 0. The van der Waals surface area contributed by atoms with Crippen molar-refractivity contribution in [3.8, 4) is 0 Å². The summed E-state index contributed by atoms with van der Waals surface area (Å²) in [5.41, 5.74) is -0.135. The van der Waals surface area contributed by atoms with Crippen LogP contribution in [0.4, 0.5) is 10.2 Å². The van der Waals surface area contributed by atoms with Crippen LogP contribution in [0.1, 0.15) is 0 Å². The van der Waals surface area contributed by atoms with Crippen molar-refractivity contribution in [2.45, 2.75) is 0 Å². The van der Waals surface area contributed by atoms with E-state index in [0.29, 0.717) is 0 Å². The summed E-state index contributed by atoms with van der Waals surface area (Å²) in [5.74, 6) is -1.16. The molecule has 0 aliphatic carbocycles. The van der Waals surface area contributed by atoms with E-state index in [1.165, 1.54) is 16.7 Å². The fourth-order valence-electron chi connectivity index (χ4n) is 1.17. The van der Waals surface area contributed by atoms with E-state index in [4.69, 9.17) is 0 Å². The zero-order valence-electron chi connectivity index (χ0n) is 6.65. The van der Waals surface area contributed by atoms with E-state index in [1.807, 2.05) is 0 Å². The summed E-state index contributed by atoms with van der Waals surface area (Å²) < 4.78 is 14.7. The average Bonchev–Trinajstić information content (AvgIpc) is 2.46. The predicted molar refractivity (Wildman–Crippen MR) is 49.5 cm³/mol. The first-order chi connectivity index (χ1) is 6.61. The molecule has 2 rings (SSSR count). The Balaban J connectivity index is 2.93. The normalized spacial score (nSPS) is 10.7. The number of nitro groups is 1. The number of aromatic nitrogens is 2. The molecule has 5 nitrogen and oxygen atoms in total. The van der Waals surface area contributed by atoms with Gasteiger partial charge in [0.05, 0.1) is 0 Å². The van der Waals surface area contributed by atoms with Crippen molar-refractivity contribution in [1.29, 1.82) is 0 Å². The van der Waals surface area contributed by atoms with E-state index in [2.05, 4.69) is 20.9 Å². The van der Waals surface area contributed by atoms with Crippen LogP contribution in [0.15, 0.2) is 23.1 Å². The number of pyridine rings is 1. The van der Waals surface area contributed by atoms with Crippen molar-refractivity contribution in [3.63, 3.8) is 0 Å². The quantitative estimate of drug-likeness (QED) is 0.583. The smallest absolute Gasteiger partial charge is 0.358 e. The molecule has 0 spiro atoms. The first kappa shape index (κ1) is 9.07. The van der Waals surface area contributed by atoms with E-state index in [0.717, 1.165) is 6.07 Å². The minimum atomic E-state index is -0.719. The van der Waals surface area contributed by atoms with Crippen molar-refractivity contribution in [2.75, 3.05) is 0 Å². The molecule has 0 bridgehead atoms. The second-order valence-corrected chi connectivity index (χ2v) is 3.25. The van der Waals surface area contributed by atoms with Crippen molar-refractivity contribution in [1.82, 2.24) is 9.38 Å². The van der Waals surface area contributed by atoms with Crippen LogP contribution in [0, 0.1) is 15.9 Å². The molecule has 0 aliphatic heterocycles. The van der Waals surface area contributed by atoms with Gasteiger partial charge in [-0.1, -0.05) is 0 Å². The largest absolute Gasteiger partial charge is 0.393 e. The molecule has 0 amide bonds. The molecule has 7 heteroatoms. The minimum Gasteiger partial charge on any atom is -0.358 e. The Kier molecular flexibility index (Phi) is 1.95. The second kappa shape index (κ2) is 3.02. The number of imidazole rings is 1. The fraction of sp³-hybridized carbons (Fsp3) is 0. The highest BCUT2D eigenvalue weighted by molar-refractivity contribution is 9.10. The van der Waals surface area contributed by atoms with Gasteiger partial charge in [-0.2, -0.15) is 0 Å². The van der Waals surface area contributed by atoms with Crippen LogP contribution in [0.5, 0.6) is 0 Å². The average molecular weight is 260 g/mol. The lowest BCUT2D eigenvalue weighted by molar-refractivity contribution is -0.387. The topological polar surface area (TPSA) is 60.4 Å². The van der Waals surface area contributed by atoms with Gasteiger partial charge in [-0.15, -0.1) is 0 Å². The third-order valence-electron chi connectivity index (χ3n) is 1.73. The van der Waals surface area contributed by atoms with E-state index in [-0.39, 0.29) is 10.3 Å². The lowest BCUT2D eigenvalue weighted by Gasteiger charge is -1.93. The number of hydrogen-bond acceptors (Lipinski definition) is 3. The van der Waals surface area contributed by atoms with Gasteiger partial charge in [-0.25, -0.2) is 4.39 Å². The molecule has 0 saturated heterocycles. The Labute approximate surface area is 85.5 Å². The fourth-order valence-corrected chi connectivity index (χ4v) is 1.64. The van der Waals surface area contributed by atoms with E-state index >= 15 is 0 Å². The second-order valence-electron chi connectivity index (χ2n) is 2.54. The van der Waals surface area contributed by atoms with Gasteiger partial charge in [0, 0.05) is 22.1 Å². The van der Waals surface area contributed by atoms with Gasteiger partial charge in [0.2, 0.25) is 0 Å². The molecule has 0 unspecified atom stereocenters. The maximum Gasteiger partial charge on any atom is 0.393 e. The summed E-state index contributed by atoms with van der Waals surface area (Å²) in [5, 5.41) is 10.5. The Morgan fingerprint density at radius 1 is 1.64 bits per heavy atom. The van der Waals surface area contributed by atoms with Gasteiger partial charge < -0.3 is 10.1 Å². The molecule has 72 valence electrons. The Morgan fingerprint density at radius 3 is 3.00 bits per heavy atom. The van der Waals surface area contributed by atoms with Gasteiger partial charge in [0.1, 0.15) is 0 Å². The third kappa shape index (κ3) is 1.17. The highest BCUT2D eigenvalue weighted by Gasteiger charge is 2.23. The highest BCUT2D eigenvalue weighted by atomic mass is 79.9. The standard InChI is InChI=1S/C7H3BrFN3O2/c8-7-10-6(12(13)14)5-4(9)2-1-3-11(5)7/h1-3H. The molecular formula is C7H3BrFN3O2. The molecule has 0 aromatic carbocycles. The lowest BCUT2D eigenvalue weighted by Crippen LogP contribution is -1.91. The van der Waals surface area contributed by atoms with Crippen LogP contribution < -0.4 is 0 Å². The SMILES string of the molecule is O=[N+]([O-])c1nc(Br)n2cccc(F)c12. The predicted octanol–water partition coefficient (Wildman–Crippen LogP) is 2.14. The zero-order chi connectivity index (χ0) is 10.3. The Bertz CT molecular complexity index is 525. The minimum absolute atomic E-state index is 0.135. The zero-order valence-corrected chi connectivity index (χ0v) is 8.23. The summed E-state index contributed by atoms with van der Waals surface area (Å²) in [6.07, 6.45) is 1.49. The molecule has 0 fully saturated rings. The molecule has 0 aliphatic rings. The monoisotopic (exact) mass is 259 g/mol. The van der Waals surface area contributed by atoms with E-state index < -0.39 is 16.6 Å². The molecule has 2 heterocycles. The molecule has 2 aromatic rings. The number of halogens is 2. The Hall–Kier alpha value is -1.50. The van der Waals surface area contributed by atoms with Gasteiger partial charge in [-0.05, 0) is 22.0 Å². The number of rotatable bonds is 1. The summed E-state index contributed by atoms with van der Waals surface area (Å²) >= 11 is 3.00. The third-order valence-corrected chi connectivity index (χ3v) is 2.29. The maximum atomic E-state index is 13.2. The van der Waals surface area contributed by atoms with E-state index in [1.54, 1.807) is 0 Å². The molecule has 2 aromatic heterocycles. The van der Waals surface area contributed by atoms with Gasteiger partial charge in [0.25, 0.3) is 4.73 Å². The van der Waals surface area contributed by atoms with Gasteiger partial charge in [0.15, 0.2) is 11.3 Å². The van der Waals surface area contributed by atoms with Crippen molar-refractivity contribution < 1.29 is 9.31 Å². The van der Waals surface area contributed by atoms with Crippen LogP contribution in [0.3, 0.4) is 0 Å². The molecular weight excluding hydrogens is 257 g/mol. The summed E-state index contributed by atoms with van der Waals surface area (Å²) in [6.45, 7) is 0. The lowest BCUT2D eigenvalue weighted by atomic mass is 10.4. The van der Waals surface area contributed by atoms with Crippen LogP contribution in [-0.2, 0) is 0 Å². The van der Waals surface area contributed by atoms with Crippen LogP contribution in [0.25, 0.3) is 5.52 Å². The van der Waals surface area contributed by atoms with Crippen molar-refractivity contribution >= 4 is 27.3 Å². The number of fused-ring (bicyclic) bond motifs is 1. The van der Waals surface area contributed by atoms with Gasteiger partial charge in [-0.3, -0.25) is 4.40 Å². The van der Waals surface area contributed by atoms with Crippen LogP contribution in [0.2, 0.25) is 0 Å². The number of nitrogens with zero attached hydrogens (tertiary/aromatic N) is 3. The molecule has 14 heavy (non-hydrogen) atoms.